The number of nitrogens with zero attached hydrogens (tertiary/aromatic N) is 2. The SMILES string of the molecule is CC(=O)N1CCCc2cc(S(=O)(=O)NCc3cccc(N4CCCC4=O)c3)ccc21. The maximum Gasteiger partial charge on any atom is 0.240 e. The summed E-state index contributed by atoms with van der Waals surface area (Å²) in [6, 6.07) is 12.3. The molecule has 0 bridgehead atoms. The summed E-state index contributed by atoms with van der Waals surface area (Å²) in [6.07, 6.45) is 2.95. The molecule has 0 aliphatic carbocycles. The maximum absolute atomic E-state index is 12.8. The molecule has 158 valence electrons. The van der Waals surface area contributed by atoms with Gasteiger partial charge in [0.05, 0.1) is 4.90 Å². The number of anilines is 2. The molecular formula is C22H25N3O4S. The molecule has 0 aromatic heterocycles. The molecule has 0 unspecified atom stereocenters. The zero-order valence-electron chi connectivity index (χ0n) is 16.9. The summed E-state index contributed by atoms with van der Waals surface area (Å²) in [5.74, 6) is 0.0578. The van der Waals surface area contributed by atoms with Crippen LogP contribution in [0.3, 0.4) is 0 Å². The third-order valence-electron chi connectivity index (χ3n) is 5.62. The fourth-order valence-corrected chi connectivity index (χ4v) is 5.15. The van der Waals surface area contributed by atoms with Crippen molar-refractivity contribution >= 4 is 33.2 Å². The molecule has 7 nitrogen and oxygen atoms in total. The van der Waals surface area contributed by atoms with E-state index in [9.17, 15) is 18.0 Å². The molecule has 2 aromatic rings. The van der Waals surface area contributed by atoms with Crippen LogP contribution in [0.1, 0.15) is 37.3 Å². The molecule has 8 heteroatoms. The standard InChI is InChI=1S/C22H25N3O4S/c1-16(26)24-11-3-6-18-14-20(9-10-21(18)24)30(28,29)23-15-17-5-2-7-19(13-17)25-12-4-8-22(25)27/h2,5,7,9-10,13-14,23H,3-4,6,8,11-12,15H2,1H3. The fourth-order valence-electron chi connectivity index (χ4n) is 4.08. The lowest BCUT2D eigenvalue weighted by atomic mass is 10.0. The van der Waals surface area contributed by atoms with Gasteiger partial charge in [0, 0.05) is 44.4 Å². The number of hydrogen-bond acceptors (Lipinski definition) is 4. The van der Waals surface area contributed by atoms with Gasteiger partial charge in [-0.2, -0.15) is 0 Å². The Kier molecular flexibility index (Phi) is 5.62. The first-order valence-corrected chi connectivity index (χ1v) is 11.6. The van der Waals surface area contributed by atoms with Crippen molar-refractivity contribution < 1.29 is 18.0 Å². The van der Waals surface area contributed by atoms with Crippen LogP contribution in [-0.2, 0) is 32.6 Å². The van der Waals surface area contributed by atoms with Crippen molar-refractivity contribution in [1.82, 2.24) is 4.72 Å². The van der Waals surface area contributed by atoms with E-state index in [1.165, 1.54) is 6.92 Å². The smallest absolute Gasteiger partial charge is 0.240 e. The third kappa shape index (κ3) is 4.11. The van der Waals surface area contributed by atoms with Crippen molar-refractivity contribution in [2.75, 3.05) is 22.9 Å². The number of carbonyl (C=O) groups is 2. The van der Waals surface area contributed by atoms with Crippen LogP contribution in [0, 0.1) is 0 Å². The van der Waals surface area contributed by atoms with Crippen LogP contribution in [0.15, 0.2) is 47.4 Å². The van der Waals surface area contributed by atoms with E-state index in [1.807, 2.05) is 24.3 Å². The molecule has 2 aliphatic heterocycles. The number of aryl methyl sites for hydroxylation is 1. The van der Waals surface area contributed by atoms with E-state index in [4.69, 9.17) is 0 Å². The van der Waals surface area contributed by atoms with E-state index in [1.54, 1.807) is 28.0 Å². The lowest BCUT2D eigenvalue weighted by Gasteiger charge is -2.28. The van der Waals surface area contributed by atoms with Crippen LogP contribution in [0.2, 0.25) is 0 Å². The Morgan fingerprint density at radius 3 is 2.60 bits per heavy atom. The van der Waals surface area contributed by atoms with Gasteiger partial charge < -0.3 is 9.80 Å². The number of carbonyl (C=O) groups excluding carboxylic acids is 2. The zero-order valence-corrected chi connectivity index (χ0v) is 17.7. The van der Waals surface area contributed by atoms with Crippen molar-refractivity contribution in [2.24, 2.45) is 0 Å². The maximum atomic E-state index is 12.8. The van der Waals surface area contributed by atoms with Crippen molar-refractivity contribution in [2.45, 2.75) is 44.0 Å². The van der Waals surface area contributed by atoms with Gasteiger partial charge in [0.2, 0.25) is 21.8 Å². The van der Waals surface area contributed by atoms with Gasteiger partial charge in [-0.15, -0.1) is 0 Å². The lowest BCUT2D eigenvalue weighted by Crippen LogP contribution is -2.33. The Morgan fingerprint density at radius 1 is 1.07 bits per heavy atom. The fraction of sp³-hybridized carbons (Fsp3) is 0.364. The highest BCUT2D eigenvalue weighted by Crippen LogP contribution is 2.29. The van der Waals surface area contributed by atoms with Crippen molar-refractivity contribution in [3.63, 3.8) is 0 Å². The third-order valence-corrected chi connectivity index (χ3v) is 7.02. The van der Waals surface area contributed by atoms with E-state index in [0.29, 0.717) is 19.5 Å². The van der Waals surface area contributed by atoms with Crippen LogP contribution in [0.5, 0.6) is 0 Å². The largest absolute Gasteiger partial charge is 0.312 e. The number of fused-ring (bicyclic) bond motifs is 1. The number of benzene rings is 2. The minimum atomic E-state index is -3.71. The van der Waals surface area contributed by atoms with Gasteiger partial charge in [-0.05, 0) is 60.7 Å². The molecule has 0 radical (unpaired) electrons. The number of nitrogens with one attached hydrogen (secondary N) is 1. The zero-order chi connectivity index (χ0) is 21.3. The van der Waals surface area contributed by atoms with Gasteiger partial charge in [-0.3, -0.25) is 9.59 Å². The number of sulfonamides is 1. The monoisotopic (exact) mass is 427 g/mol. The molecule has 0 atom stereocenters. The summed E-state index contributed by atoms with van der Waals surface area (Å²) >= 11 is 0. The van der Waals surface area contributed by atoms with Gasteiger partial charge in [0.15, 0.2) is 0 Å². The predicted molar refractivity (Wildman–Crippen MR) is 115 cm³/mol. The van der Waals surface area contributed by atoms with Crippen LogP contribution < -0.4 is 14.5 Å². The van der Waals surface area contributed by atoms with Crippen LogP contribution in [0.4, 0.5) is 11.4 Å². The van der Waals surface area contributed by atoms with Crippen LogP contribution in [0.25, 0.3) is 0 Å². The molecule has 2 aromatic carbocycles. The molecule has 1 fully saturated rings. The van der Waals surface area contributed by atoms with Gasteiger partial charge in [-0.25, -0.2) is 13.1 Å². The summed E-state index contributed by atoms with van der Waals surface area (Å²) in [7, 11) is -3.71. The highest BCUT2D eigenvalue weighted by Gasteiger charge is 2.24. The molecule has 30 heavy (non-hydrogen) atoms. The van der Waals surface area contributed by atoms with Gasteiger partial charge in [0.25, 0.3) is 0 Å². The van der Waals surface area contributed by atoms with Crippen LogP contribution in [-0.4, -0.2) is 33.3 Å². The molecular weight excluding hydrogens is 402 g/mol. The number of hydrogen-bond donors (Lipinski definition) is 1. The van der Waals surface area contributed by atoms with Crippen molar-refractivity contribution in [1.29, 1.82) is 0 Å². The van der Waals surface area contributed by atoms with E-state index >= 15 is 0 Å². The molecule has 2 amide bonds. The molecule has 1 N–H and O–H groups in total. The van der Waals surface area contributed by atoms with E-state index in [0.717, 1.165) is 41.8 Å². The van der Waals surface area contributed by atoms with Gasteiger partial charge >= 0.3 is 0 Å². The van der Waals surface area contributed by atoms with E-state index in [-0.39, 0.29) is 23.3 Å². The molecule has 2 heterocycles. The highest BCUT2D eigenvalue weighted by molar-refractivity contribution is 7.89. The topological polar surface area (TPSA) is 86.8 Å². The highest BCUT2D eigenvalue weighted by atomic mass is 32.2. The quantitative estimate of drug-likeness (QED) is 0.795. The average molecular weight is 428 g/mol. The molecule has 2 aliphatic rings. The molecule has 4 rings (SSSR count). The Balaban J connectivity index is 1.50. The minimum absolute atomic E-state index is 0.0407. The molecule has 1 saturated heterocycles. The molecule has 0 spiro atoms. The Morgan fingerprint density at radius 2 is 1.87 bits per heavy atom. The lowest BCUT2D eigenvalue weighted by molar-refractivity contribution is -0.117. The first-order chi connectivity index (χ1) is 14.3. The van der Waals surface area contributed by atoms with Gasteiger partial charge in [0.1, 0.15) is 0 Å². The number of amides is 2. The van der Waals surface area contributed by atoms with Crippen molar-refractivity contribution in [3.8, 4) is 0 Å². The average Bonchev–Trinajstić information content (AvgIpc) is 3.17. The van der Waals surface area contributed by atoms with Crippen LogP contribution >= 0.6 is 0 Å². The van der Waals surface area contributed by atoms with E-state index in [2.05, 4.69) is 4.72 Å². The first kappa shape index (κ1) is 20.6. The van der Waals surface area contributed by atoms with Crippen molar-refractivity contribution in [3.05, 3.63) is 53.6 Å². The minimum Gasteiger partial charge on any atom is -0.312 e. The summed E-state index contributed by atoms with van der Waals surface area (Å²) in [5.41, 5.74) is 3.24. The second-order valence-corrected chi connectivity index (χ2v) is 9.48. The Hall–Kier alpha value is -2.71. The Bertz CT molecular complexity index is 1100. The summed E-state index contributed by atoms with van der Waals surface area (Å²) in [4.78, 5) is 27.4. The Labute approximate surface area is 176 Å². The summed E-state index contributed by atoms with van der Waals surface area (Å²) in [5, 5.41) is 0. The second kappa shape index (κ2) is 8.20. The number of rotatable bonds is 5. The van der Waals surface area contributed by atoms with Gasteiger partial charge in [-0.1, -0.05) is 12.1 Å². The normalized spacial score (nSPS) is 16.6. The molecule has 0 saturated carbocycles. The first-order valence-electron chi connectivity index (χ1n) is 10.2. The predicted octanol–water partition coefficient (Wildman–Crippen LogP) is 2.59. The summed E-state index contributed by atoms with van der Waals surface area (Å²) in [6.45, 7) is 3.00. The summed E-state index contributed by atoms with van der Waals surface area (Å²) < 4.78 is 28.3. The second-order valence-electron chi connectivity index (χ2n) is 7.71. The van der Waals surface area contributed by atoms with E-state index < -0.39 is 10.0 Å².